The first-order valence-electron chi connectivity index (χ1n) is 6.10. The van der Waals surface area contributed by atoms with Gasteiger partial charge in [0.1, 0.15) is 6.17 Å². The Hall–Kier alpha value is -0.840. The lowest BCUT2D eigenvalue weighted by molar-refractivity contribution is 0.0850. The average Bonchev–Trinajstić information content (AvgIpc) is 2.25. The van der Waals surface area contributed by atoms with Crippen molar-refractivity contribution < 1.29 is 9.18 Å². The number of carbonyl (C=O) groups is 1. The molecule has 1 saturated heterocycles. The van der Waals surface area contributed by atoms with E-state index < -0.39 is 6.17 Å². The molecule has 1 heterocycles. The highest BCUT2D eigenvalue weighted by Crippen LogP contribution is 2.24. The molecular weight excluding hydrogens is 209 g/mol. The van der Waals surface area contributed by atoms with E-state index in [2.05, 4.69) is 5.32 Å². The van der Waals surface area contributed by atoms with Gasteiger partial charge in [0.2, 0.25) is 0 Å². The lowest BCUT2D eigenvalue weighted by Crippen LogP contribution is -2.58. The molecule has 0 aromatic rings. The summed E-state index contributed by atoms with van der Waals surface area (Å²) in [6, 6.07) is 0.0594. The number of urea groups is 1. The average molecular weight is 229 g/mol. The van der Waals surface area contributed by atoms with Gasteiger partial charge in [-0.1, -0.05) is 12.8 Å². The third kappa shape index (κ3) is 2.45. The number of nitrogens with zero attached hydrogens (tertiary/aromatic N) is 1. The fourth-order valence-electron chi connectivity index (χ4n) is 2.52. The monoisotopic (exact) mass is 229 g/mol. The van der Waals surface area contributed by atoms with Gasteiger partial charge in [-0.05, 0) is 25.3 Å². The van der Waals surface area contributed by atoms with Gasteiger partial charge in [-0.2, -0.15) is 0 Å². The molecule has 1 aliphatic heterocycles. The lowest BCUT2D eigenvalue weighted by Gasteiger charge is -2.38. The number of nitrogens with one attached hydrogen (secondary N) is 1. The van der Waals surface area contributed by atoms with Gasteiger partial charge in [-0.25, -0.2) is 9.18 Å². The van der Waals surface area contributed by atoms with Gasteiger partial charge < -0.3 is 16.0 Å². The first kappa shape index (κ1) is 11.6. The van der Waals surface area contributed by atoms with Crippen LogP contribution in [-0.2, 0) is 0 Å². The molecule has 2 unspecified atom stereocenters. The zero-order valence-electron chi connectivity index (χ0n) is 9.49. The summed E-state index contributed by atoms with van der Waals surface area (Å²) in [5.74, 6) is 0.389. The van der Waals surface area contributed by atoms with Gasteiger partial charge in [-0.3, -0.25) is 0 Å². The Bertz CT molecular complexity index is 256. The molecule has 0 radical (unpaired) electrons. The first-order valence-corrected chi connectivity index (χ1v) is 6.10. The topological polar surface area (TPSA) is 58.4 Å². The largest absolute Gasteiger partial charge is 0.335 e. The minimum absolute atomic E-state index is 0.126. The van der Waals surface area contributed by atoms with Crippen LogP contribution in [0.25, 0.3) is 0 Å². The number of hydrogen-bond acceptors (Lipinski definition) is 2. The van der Waals surface area contributed by atoms with Gasteiger partial charge in [0.25, 0.3) is 0 Å². The number of halogens is 1. The number of likely N-dealkylation sites (tertiary alicyclic amines) is 1. The second kappa shape index (κ2) is 4.99. The van der Waals surface area contributed by atoms with E-state index in [1.807, 2.05) is 0 Å². The minimum Gasteiger partial charge on any atom is -0.335 e. The molecule has 1 aliphatic carbocycles. The molecule has 2 aliphatic rings. The molecular formula is C11H20FN3O. The van der Waals surface area contributed by atoms with Crippen LogP contribution < -0.4 is 11.1 Å². The standard InChI is InChI=1S/C11H20FN3O/c12-9-6-15(7-9)11(16)14-10-4-2-1-3-8(10)5-13/h8-10H,1-7,13H2,(H,14,16). The van der Waals surface area contributed by atoms with Gasteiger partial charge in [-0.15, -0.1) is 0 Å². The number of nitrogens with two attached hydrogens (primary N) is 1. The van der Waals surface area contributed by atoms with Crippen molar-refractivity contribution in [2.24, 2.45) is 11.7 Å². The maximum atomic E-state index is 12.6. The molecule has 0 spiro atoms. The Morgan fingerprint density at radius 3 is 2.69 bits per heavy atom. The van der Waals surface area contributed by atoms with Crippen LogP contribution in [0.1, 0.15) is 25.7 Å². The Labute approximate surface area is 95.4 Å². The van der Waals surface area contributed by atoms with Crippen molar-refractivity contribution in [3.05, 3.63) is 0 Å². The molecule has 3 N–H and O–H groups in total. The summed E-state index contributed by atoms with van der Waals surface area (Å²) in [5.41, 5.74) is 5.69. The molecule has 16 heavy (non-hydrogen) atoms. The third-order valence-electron chi connectivity index (χ3n) is 3.64. The van der Waals surface area contributed by atoms with Crippen molar-refractivity contribution in [2.45, 2.75) is 37.9 Å². The minimum atomic E-state index is -0.831. The number of rotatable bonds is 2. The molecule has 2 amide bonds. The van der Waals surface area contributed by atoms with Crippen LogP contribution in [0.15, 0.2) is 0 Å². The van der Waals surface area contributed by atoms with E-state index >= 15 is 0 Å². The highest BCUT2D eigenvalue weighted by atomic mass is 19.1. The summed E-state index contributed by atoms with van der Waals surface area (Å²) < 4.78 is 12.6. The van der Waals surface area contributed by atoms with E-state index in [9.17, 15) is 9.18 Å². The molecule has 2 atom stereocenters. The highest BCUT2D eigenvalue weighted by Gasteiger charge is 2.33. The van der Waals surface area contributed by atoms with E-state index in [1.54, 1.807) is 0 Å². The maximum Gasteiger partial charge on any atom is 0.317 e. The van der Waals surface area contributed by atoms with Crippen LogP contribution in [0, 0.1) is 5.92 Å². The van der Waals surface area contributed by atoms with E-state index in [4.69, 9.17) is 5.73 Å². The normalized spacial score (nSPS) is 31.0. The number of alkyl halides is 1. The second-order valence-electron chi connectivity index (χ2n) is 4.84. The summed E-state index contributed by atoms with van der Waals surface area (Å²) in [6.07, 6.45) is 3.60. The fraction of sp³-hybridized carbons (Fsp3) is 0.909. The molecule has 1 saturated carbocycles. The zero-order chi connectivity index (χ0) is 11.5. The summed E-state index contributed by atoms with van der Waals surface area (Å²) in [4.78, 5) is 13.2. The molecule has 92 valence electrons. The Morgan fingerprint density at radius 2 is 2.06 bits per heavy atom. The van der Waals surface area contributed by atoms with E-state index in [-0.39, 0.29) is 25.2 Å². The highest BCUT2D eigenvalue weighted by molar-refractivity contribution is 5.75. The van der Waals surface area contributed by atoms with Crippen molar-refractivity contribution >= 4 is 6.03 Å². The van der Waals surface area contributed by atoms with E-state index in [0.717, 1.165) is 19.3 Å². The Morgan fingerprint density at radius 1 is 1.38 bits per heavy atom. The molecule has 0 bridgehead atoms. The van der Waals surface area contributed by atoms with Crippen LogP contribution in [0.5, 0.6) is 0 Å². The number of hydrogen-bond donors (Lipinski definition) is 2. The SMILES string of the molecule is NCC1CCCCC1NC(=O)N1CC(F)C1. The van der Waals surface area contributed by atoms with Crippen LogP contribution in [-0.4, -0.2) is 42.8 Å². The van der Waals surface area contributed by atoms with Crippen molar-refractivity contribution in [1.29, 1.82) is 0 Å². The molecule has 0 aromatic heterocycles. The summed E-state index contributed by atoms with van der Waals surface area (Å²) in [5, 5.41) is 2.98. The number of carbonyl (C=O) groups excluding carboxylic acids is 1. The molecule has 5 heteroatoms. The predicted octanol–water partition coefficient (Wildman–Crippen LogP) is 0.867. The Balaban J connectivity index is 1.80. The maximum absolute atomic E-state index is 12.6. The smallest absolute Gasteiger partial charge is 0.317 e. The van der Waals surface area contributed by atoms with Crippen LogP contribution in [0.2, 0.25) is 0 Å². The van der Waals surface area contributed by atoms with Gasteiger partial charge in [0.05, 0.1) is 13.1 Å². The van der Waals surface area contributed by atoms with Crippen molar-refractivity contribution in [3.63, 3.8) is 0 Å². The fourth-order valence-corrected chi connectivity index (χ4v) is 2.52. The Kier molecular flexibility index (Phi) is 3.63. The van der Waals surface area contributed by atoms with Crippen molar-refractivity contribution in [1.82, 2.24) is 10.2 Å². The van der Waals surface area contributed by atoms with Crippen LogP contribution in [0.3, 0.4) is 0 Å². The van der Waals surface area contributed by atoms with Gasteiger partial charge >= 0.3 is 6.03 Å². The van der Waals surface area contributed by atoms with Crippen molar-refractivity contribution in [3.8, 4) is 0 Å². The summed E-state index contributed by atoms with van der Waals surface area (Å²) in [7, 11) is 0. The number of amides is 2. The summed E-state index contributed by atoms with van der Waals surface area (Å²) >= 11 is 0. The molecule has 2 rings (SSSR count). The predicted molar refractivity (Wildman–Crippen MR) is 59.8 cm³/mol. The van der Waals surface area contributed by atoms with Crippen LogP contribution in [0.4, 0.5) is 9.18 Å². The molecule has 0 aromatic carbocycles. The molecule has 4 nitrogen and oxygen atoms in total. The lowest BCUT2D eigenvalue weighted by atomic mass is 9.84. The molecule has 2 fully saturated rings. The van der Waals surface area contributed by atoms with E-state index in [1.165, 1.54) is 11.3 Å². The van der Waals surface area contributed by atoms with Gasteiger partial charge in [0.15, 0.2) is 0 Å². The summed E-state index contributed by atoms with van der Waals surface area (Å²) in [6.45, 7) is 1.11. The van der Waals surface area contributed by atoms with Gasteiger partial charge in [0, 0.05) is 6.04 Å². The van der Waals surface area contributed by atoms with E-state index in [0.29, 0.717) is 12.5 Å². The third-order valence-corrected chi connectivity index (χ3v) is 3.64. The quantitative estimate of drug-likeness (QED) is 0.738. The van der Waals surface area contributed by atoms with Crippen molar-refractivity contribution in [2.75, 3.05) is 19.6 Å². The first-order chi connectivity index (χ1) is 7.70. The zero-order valence-corrected chi connectivity index (χ0v) is 9.49. The second-order valence-corrected chi connectivity index (χ2v) is 4.84. The van der Waals surface area contributed by atoms with Crippen LogP contribution >= 0.6 is 0 Å².